The first-order valence-electron chi connectivity index (χ1n) is 6.73. The van der Waals surface area contributed by atoms with Crippen LogP contribution in [0.2, 0.25) is 0 Å². The first-order valence-corrected chi connectivity index (χ1v) is 6.73. The van der Waals surface area contributed by atoms with E-state index in [0.717, 1.165) is 24.2 Å². The quantitative estimate of drug-likeness (QED) is 0.822. The van der Waals surface area contributed by atoms with E-state index in [1.165, 1.54) is 5.56 Å². The molecule has 5 heteroatoms. The molecule has 0 aliphatic heterocycles. The molecule has 1 aromatic carbocycles. The van der Waals surface area contributed by atoms with Crippen molar-refractivity contribution in [3.05, 3.63) is 48.0 Å². The van der Waals surface area contributed by atoms with Crippen LogP contribution in [0.15, 0.2) is 36.9 Å². The summed E-state index contributed by atoms with van der Waals surface area (Å²) in [7, 11) is 0. The summed E-state index contributed by atoms with van der Waals surface area (Å²) < 4.78 is 1.99. The number of imidazole rings is 1. The van der Waals surface area contributed by atoms with Gasteiger partial charge < -0.3 is 15.2 Å². The third kappa shape index (κ3) is 3.85. The van der Waals surface area contributed by atoms with Crippen molar-refractivity contribution in [1.82, 2.24) is 14.9 Å². The molecule has 5 nitrogen and oxygen atoms in total. The van der Waals surface area contributed by atoms with E-state index in [-0.39, 0.29) is 6.03 Å². The molecule has 20 heavy (non-hydrogen) atoms. The first-order chi connectivity index (χ1) is 9.66. The van der Waals surface area contributed by atoms with E-state index in [1.807, 2.05) is 42.8 Å². The molecule has 0 aliphatic carbocycles. The predicted molar refractivity (Wildman–Crippen MR) is 79.8 cm³/mol. The minimum atomic E-state index is -0.163. The molecule has 0 saturated carbocycles. The standard InChI is InChI=1S/C15H20N4O/c1-12-5-3-6-14(13(12)2)18-15(20)17-7-4-9-19-10-8-16-11-19/h3,5-6,8,10-11H,4,7,9H2,1-2H3,(H2,17,18,20). The van der Waals surface area contributed by atoms with Crippen LogP contribution in [0.5, 0.6) is 0 Å². The summed E-state index contributed by atoms with van der Waals surface area (Å²) in [6.07, 6.45) is 6.31. The van der Waals surface area contributed by atoms with Crippen LogP contribution >= 0.6 is 0 Å². The minimum absolute atomic E-state index is 0.163. The molecule has 1 aromatic heterocycles. The van der Waals surface area contributed by atoms with Gasteiger partial charge in [-0.15, -0.1) is 0 Å². The molecule has 0 unspecified atom stereocenters. The molecule has 2 rings (SSSR count). The Labute approximate surface area is 119 Å². The highest BCUT2D eigenvalue weighted by atomic mass is 16.2. The number of carbonyl (C=O) groups excluding carboxylic acids is 1. The lowest BCUT2D eigenvalue weighted by molar-refractivity contribution is 0.252. The fraction of sp³-hybridized carbons (Fsp3) is 0.333. The Balaban J connectivity index is 1.74. The maximum atomic E-state index is 11.8. The van der Waals surface area contributed by atoms with Gasteiger partial charge in [0.1, 0.15) is 0 Å². The van der Waals surface area contributed by atoms with Crippen molar-refractivity contribution < 1.29 is 4.79 Å². The van der Waals surface area contributed by atoms with Crippen LogP contribution in [0.25, 0.3) is 0 Å². The van der Waals surface area contributed by atoms with Gasteiger partial charge in [0.2, 0.25) is 0 Å². The highest BCUT2D eigenvalue weighted by molar-refractivity contribution is 5.90. The van der Waals surface area contributed by atoms with Crippen molar-refractivity contribution in [2.75, 3.05) is 11.9 Å². The van der Waals surface area contributed by atoms with Gasteiger partial charge in [-0.3, -0.25) is 0 Å². The number of hydrogen-bond donors (Lipinski definition) is 2. The largest absolute Gasteiger partial charge is 0.338 e. The van der Waals surface area contributed by atoms with Gasteiger partial charge in [0, 0.05) is 31.2 Å². The summed E-state index contributed by atoms with van der Waals surface area (Å²) in [5, 5.41) is 5.73. The Hall–Kier alpha value is -2.30. The van der Waals surface area contributed by atoms with E-state index in [9.17, 15) is 4.79 Å². The Morgan fingerprint density at radius 1 is 1.35 bits per heavy atom. The number of nitrogens with one attached hydrogen (secondary N) is 2. The average Bonchev–Trinajstić information content (AvgIpc) is 2.93. The van der Waals surface area contributed by atoms with Gasteiger partial charge in [-0.05, 0) is 37.5 Å². The average molecular weight is 272 g/mol. The Bertz CT molecular complexity index is 563. The summed E-state index contributed by atoms with van der Waals surface area (Å²) in [5.74, 6) is 0. The zero-order chi connectivity index (χ0) is 14.4. The molecule has 0 fully saturated rings. The van der Waals surface area contributed by atoms with E-state index in [0.29, 0.717) is 6.54 Å². The maximum absolute atomic E-state index is 11.8. The molecule has 0 saturated heterocycles. The Kier molecular flexibility index (Phi) is 4.76. The Morgan fingerprint density at radius 2 is 2.20 bits per heavy atom. The molecule has 106 valence electrons. The monoisotopic (exact) mass is 272 g/mol. The highest BCUT2D eigenvalue weighted by Gasteiger charge is 2.04. The van der Waals surface area contributed by atoms with Crippen molar-refractivity contribution in [3.8, 4) is 0 Å². The normalized spacial score (nSPS) is 10.3. The van der Waals surface area contributed by atoms with Crippen molar-refractivity contribution in [2.45, 2.75) is 26.8 Å². The summed E-state index contributed by atoms with van der Waals surface area (Å²) in [5.41, 5.74) is 3.13. The van der Waals surface area contributed by atoms with Gasteiger partial charge >= 0.3 is 6.03 Å². The molecule has 2 N–H and O–H groups in total. The molecular formula is C15H20N4O. The number of nitrogens with zero attached hydrogens (tertiary/aromatic N) is 2. The zero-order valence-corrected chi connectivity index (χ0v) is 11.9. The summed E-state index contributed by atoms with van der Waals surface area (Å²) in [6.45, 7) is 5.52. The highest BCUT2D eigenvalue weighted by Crippen LogP contribution is 2.17. The molecule has 2 amide bonds. The molecule has 0 radical (unpaired) electrons. The van der Waals surface area contributed by atoms with Crippen LogP contribution in [0, 0.1) is 13.8 Å². The van der Waals surface area contributed by atoms with E-state index < -0.39 is 0 Å². The molecule has 2 aromatic rings. The summed E-state index contributed by atoms with van der Waals surface area (Å²) >= 11 is 0. The smallest absolute Gasteiger partial charge is 0.319 e. The van der Waals surface area contributed by atoms with E-state index in [1.54, 1.807) is 12.5 Å². The van der Waals surface area contributed by atoms with Crippen LogP contribution in [0.3, 0.4) is 0 Å². The second-order valence-electron chi connectivity index (χ2n) is 4.78. The van der Waals surface area contributed by atoms with Crippen molar-refractivity contribution >= 4 is 11.7 Å². The van der Waals surface area contributed by atoms with Gasteiger partial charge in [-0.1, -0.05) is 12.1 Å². The number of rotatable bonds is 5. The van der Waals surface area contributed by atoms with Gasteiger partial charge in [0.15, 0.2) is 0 Å². The van der Waals surface area contributed by atoms with Crippen LogP contribution in [0.4, 0.5) is 10.5 Å². The predicted octanol–water partition coefficient (Wildman–Crippen LogP) is 2.71. The third-order valence-electron chi connectivity index (χ3n) is 3.29. The van der Waals surface area contributed by atoms with Crippen LogP contribution in [-0.4, -0.2) is 22.1 Å². The number of aromatic nitrogens is 2. The minimum Gasteiger partial charge on any atom is -0.338 e. The van der Waals surface area contributed by atoms with Gasteiger partial charge in [0.25, 0.3) is 0 Å². The van der Waals surface area contributed by atoms with E-state index in [2.05, 4.69) is 15.6 Å². The molecule has 0 bridgehead atoms. The molecule has 0 atom stereocenters. The second-order valence-corrected chi connectivity index (χ2v) is 4.78. The first kappa shape index (κ1) is 14.1. The SMILES string of the molecule is Cc1cccc(NC(=O)NCCCn2ccnc2)c1C. The van der Waals surface area contributed by atoms with Crippen molar-refractivity contribution in [1.29, 1.82) is 0 Å². The van der Waals surface area contributed by atoms with Gasteiger partial charge in [0.05, 0.1) is 6.33 Å². The number of carbonyl (C=O) groups is 1. The lowest BCUT2D eigenvalue weighted by Crippen LogP contribution is -2.30. The number of anilines is 1. The maximum Gasteiger partial charge on any atom is 0.319 e. The van der Waals surface area contributed by atoms with E-state index >= 15 is 0 Å². The fourth-order valence-electron chi connectivity index (χ4n) is 1.94. The number of aryl methyl sites for hydroxylation is 2. The van der Waals surface area contributed by atoms with Gasteiger partial charge in [-0.2, -0.15) is 0 Å². The zero-order valence-electron chi connectivity index (χ0n) is 11.9. The Morgan fingerprint density at radius 3 is 2.95 bits per heavy atom. The molecule has 0 aliphatic rings. The fourth-order valence-corrected chi connectivity index (χ4v) is 1.94. The van der Waals surface area contributed by atoms with Crippen LogP contribution in [-0.2, 0) is 6.54 Å². The molecular weight excluding hydrogens is 252 g/mol. The summed E-state index contributed by atoms with van der Waals surface area (Å²) in [6, 6.07) is 5.72. The van der Waals surface area contributed by atoms with Crippen molar-refractivity contribution in [2.24, 2.45) is 0 Å². The van der Waals surface area contributed by atoms with Crippen LogP contribution < -0.4 is 10.6 Å². The molecule has 0 spiro atoms. The van der Waals surface area contributed by atoms with Gasteiger partial charge in [-0.25, -0.2) is 9.78 Å². The van der Waals surface area contributed by atoms with E-state index in [4.69, 9.17) is 0 Å². The second kappa shape index (κ2) is 6.75. The number of amides is 2. The summed E-state index contributed by atoms with van der Waals surface area (Å²) in [4.78, 5) is 15.8. The lowest BCUT2D eigenvalue weighted by Gasteiger charge is -2.11. The third-order valence-corrected chi connectivity index (χ3v) is 3.29. The topological polar surface area (TPSA) is 59.0 Å². The lowest BCUT2D eigenvalue weighted by atomic mass is 10.1. The number of urea groups is 1. The van der Waals surface area contributed by atoms with Crippen LogP contribution in [0.1, 0.15) is 17.5 Å². The van der Waals surface area contributed by atoms with Crippen molar-refractivity contribution in [3.63, 3.8) is 0 Å². The molecule has 1 heterocycles. The number of hydrogen-bond acceptors (Lipinski definition) is 2. The number of benzene rings is 1.